The van der Waals surface area contributed by atoms with E-state index in [4.69, 9.17) is 9.47 Å². The fraction of sp³-hybridized carbons (Fsp3) is 0.600. The minimum Gasteiger partial charge on any atom is -0.495 e. The Hall–Kier alpha value is -0.220. The van der Waals surface area contributed by atoms with E-state index in [1.807, 2.05) is 6.07 Å². The Morgan fingerprint density at radius 2 is 1.95 bits per heavy atom. The van der Waals surface area contributed by atoms with Crippen LogP contribution < -0.4 is 9.47 Å². The van der Waals surface area contributed by atoms with Crippen molar-refractivity contribution < 1.29 is 9.47 Å². The van der Waals surface area contributed by atoms with Crippen molar-refractivity contribution in [2.75, 3.05) is 14.2 Å². The van der Waals surface area contributed by atoms with Gasteiger partial charge in [0.2, 0.25) is 0 Å². The molecule has 0 heterocycles. The van der Waals surface area contributed by atoms with Crippen LogP contribution in [0.5, 0.6) is 11.5 Å². The SMILES string of the molecule is COc1ccc(C(Br)C2CCCC2C)c(OC)c1Br. The molecule has 1 saturated carbocycles. The van der Waals surface area contributed by atoms with E-state index in [2.05, 4.69) is 44.8 Å². The second-order valence-corrected chi connectivity index (χ2v) is 6.96. The molecule has 0 radical (unpaired) electrons. The van der Waals surface area contributed by atoms with Crippen molar-refractivity contribution in [3.63, 3.8) is 0 Å². The van der Waals surface area contributed by atoms with E-state index in [0.717, 1.165) is 21.9 Å². The maximum absolute atomic E-state index is 5.58. The van der Waals surface area contributed by atoms with Crippen LogP contribution in [-0.2, 0) is 0 Å². The third-order valence-corrected chi connectivity index (χ3v) is 6.04. The van der Waals surface area contributed by atoms with Crippen LogP contribution >= 0.6 is 31.9 Å². The third-order valence-electron chi connectivity index (χ3n) is 4.12. The Morgan fingerprint density at radius 1 is 1.21 bits per heavy atom. The maximum atomic E-state index is 5.58. The molecule has 0 bridgehead atoms. The molecule has 0 spiro atoms. The Kier molecular flexibility index (Phi) is 5.18. The number of halogens is 2. The van der Waals surface area contributed by atoms with Gasteiger partial charge in [0.05, 0.1) is 14.2 Å². The topological polar surface area (TPSA) is 18.5 Å². The summed E-state index contributed by atoms with van der Waals surface area (Å²) in [4.78, 5) is 0.335. The van der Waals surface area contributed by atoms with Crippen LogP contribution in [0.25, 0.3) is 0 Å². The number of alkyl halides is 1. The molecule has 1 aromatic rings. The highest BCUT2D eigenvalue weighted by atomic mass is 79.9. The van der Waals surface area contributed by atoms with E-state index in [-0.39, 0.29) is 0 Å². The van der Waals surface area contributed by atoms with Crippen LogP contribution in [0.1, 0.15) is 36.6 Å². The number of rotatable bonds is 4. The Balaban J connectivity index is 2.36. The zero-order valence-electron chi connectivity index (χ0n) is 11.6. The van der Waals surface area contributed by atoms with Gasteiger partial charge in [-0.1, -0.05) is 41.8 Å². The fourth-order valence-electron chi connectivity index (χ4n) is 2.97. The summed E-state index contributed by atoms with van der Waals surface area (Å²) in [5, 5.41) is 0. The average Bonchev–Trinajstić information content (AvgIpc) is 2.83. The highest BCUT2D eigenvalue weighted by Crippen LogP contribution is 2.49. The molecular formula is C15H20Br2O2. The monoisotopic (exact) mass is 390 g/mol. The van der Waals surface area contributed by atoms with E-state index in [0.29, 0.717) is 10.7 Å². The molecule has 0 aromatic heterocycles. The normalized spacial score (nSPS) is 24.3. The summed E-state index contributed by atoms with van der Waals surface area (Å²) in [6.45, 7) is 2.34. The second kappa shape index (κ2) is 6.49. The number of ether oxygens (including phenoxy) is 2. The van der Waals surface area contributed by atoms with E-state index < -0.39 is 0 Å². The summed E-state index contributed by atoms with van der Waals surface area (Å²) in [6.07, 6.45) is 3.93. The van der Waals surface area contributed by atoms with Gasteiger partial charge in [-0.15, -0.1) is 0 Å². The first-order valence-electron chi connectivity index (χ1n) is 6.64. The van der Waals surface area contributed by atoms with Gasteiger partial charge in [-0.25, -0.2) is 0 Å². The molecule has 1 aromatic carbocycles. The van der Waals surface area contributed by atoms with Gasteiger partial charge >= 0.3 is 0 Å². The summed E-state index contributed by atoms with van der Waals surface area (Å²) >= 11 is 7.46. The third kappa shape index (κ3) is 2.94. The van der Waals surface area contributed by atoms with Crippen LogP contribution in [0.3, 0.4) is 0 Å². The first kappa shape index (κ1) is 15.2. The predicted molar refractivity (Wildman–Crippen MR) is 85.4 cm³/mol. The molecule has 0 amide bonds. The lowest BCUT2D eigenvalue weighted by molar-refractivity contribution is 0.372. The molecular weight excluding hydrogens is 372 g/mol. The molecule has 1 aliphatic rings. The van der Waals surface area contributed by atoms with E-state index in [1.165, 1.54) is 24.8 Å². The van der Waals surface area contributed by atoms with Crippen LogP contribution in [-0.4, -0.2) is 14.2 Å². The van der Waals surface area contributed by atoms with Crippen LogP contribution in [0.2, 0.25) is 0 Å². The van der Waals surface area contributed by atoms with Gasteiger partial charge in [-0.2, -0.15) is 0 Å². The van der Waals surface area contributed by atoms with Crippen LogP contribution in [0.15, 0.2) is 16.6 Å². The van der Waals surface area contributed by atoms with Crippen LogP contribution in [0, 0.1) is 11.8 Å². The van der Waals surface area contributed by atoms with Crippen molar-refractivity contribution >= 4 is 31.9 Å². The summed E-state index contributed by atoms with van der Waals surface area (Å²) in [5.41, 5.74) is 1.20. The van der Waals surface area contributed by atoms with Gasteiger partial charge in [0.15, 0.2) is 0 Å². The summed E-state index contributed by atoms with van der Waals surface area (Å²) in [6, 6.07) is 4.10. The highest BCUT2D eigenvalue weighted by Gasteiger charge is 2.32. The molecule has 1 aliphatic carbocycles. The van der Waals surface area contributed by atoms with Crippen LogP contribution in [0.4, 0.5) is 0 Å². The van der Waals surface area contributed by atoms with Crippen molar-refractivity contribution in [2.24, 2.45) is 11.8 Å². The predicted octanol–water partition coefficient (Wildman–Crippen LogP) is 5.34. The van der Waals surface area contributed by atoms with Gasteiger partial charge in [-0.05, 0) is 40.3 Å². The number of benzene rings is 1. The molecule has 3 atom stereocenters. The Bertz CT molecular complexity index is 448. The minimum absolute atomic E-state index is 0.335. The number of methoxy groups -OCH3 is 2. The quantitative estimate of drug-likeness (QED) is 0.645. The highest BCUT2D eigenvalue weighted by molar-refractivity contribution is 9.10. The van der Waals surface area contributed by atoms with E-state index >= 15 is 0 Å². The first-order chi connectivity index (χ1) is 9.10. The zero-order valence-corrected chi connectivity index (χ0v) is 14.8. The molecule has 0 saturated heterocycles. The average molecular weight is 392 g/mol. The van der Waals surface area contributed by atoms with Crippen molar-refractivity contribution in [2.45, 2.75) is 31.0 Å². The lowest BCUT2D eigenvalue weighted by atomic mass is 9.90. The summed E-state index contributed by atoms with van der Waals surface area (Å²) in [7, 11) is 3.38. The largest absolute Gasteiger partial charge is 0.495 e. The van der Waals surface area contributed by atoms with Crippen molar-refractivity contribution in [1.29, 1.82) is 0 Å². The number of hydrogen-bond acceptors (Lipinski definition) is 2. The lowest BCUT2D eigenvalue weighted by Crippen LogP contribution is -2.11. The summed E-state index contributed by atoms with van der Waals surface area (Å²) < 4.78 is 11.8. The summed E-state index contributed by atoms with van der Waals surface area (Å²) in [5.74, 6) is 3.12. The Labute approximate surface area is 132 Å². The van der Waals surface area contributed by atoms with E-state index in [9.17, 15) is 0 Å². The zero-order chi connectivity index (χ0) is 14.0. The molecule has 106 valence electrons. The molecule has 1 fully saturated rings. The standard InChI is InChI=1S/C15H20Br2O2/c1-9-5-4-6-10(9)13(16)11-7-8-12(18-2)14(17)15(11)19-3/h7-10,13H,4-6H2,1-3H3. The van der Waals surface area contributed by atoms with Gasteiger partial charge in [0, 0.05) is 10.4 Å². The molecule has 2 nitrogen and oxygen atoms in total. The Morgan fingerprint density at radius 3 is 2.47 bits per heavy atom. The molecule has 2 rings (SSSR count). The molecule has 19 heavy (non-hydrogen) atoms. The van der Waals surface area contributed by atoms with Crippen molar-refractivity contribution in [1.82, 2.24) is 0 Å². The van der Waals surface area contributed by atoms with Gasteiger partial charge < -0.3 is 9.47 Å². The molecule has 0 N–H and O–H groups in total. The lowest BCUT2D eigenvalue weighted by Gasteiger charge is -2.24. The van der Waals surface area contributed by atoms with Crippen molar-refractivity contribution in [3.8, 4) is 11.5 Å². The number of hydrogen-bond donors (Lipinski definition) is 0. The van der Waals surface area contributed by atoms with Crippen molar-refractivity contribution in [3.05, 3.63) is 22.2 Å². The maximum Gasteiger partial charge on any atom is 0.141 e. The fourth-order valence-corrected chi connectivity index (χ4v) is 4.81. The minimum atomic E-state index is 0.335. The molecule has 3 unspecified atom stereocenters. The molecule has 0 aliphatic heterocycles. The van der Waals surface area contributed by atoms with Gasteiger partial charge in [-0.3, -0.25) is 0 Å². The van der Waals surface area contributed by atoms with Gasteiger partial charge in [0.25, 0.3) is 0 Å². The van der Waals surface area contributed by atoms with Gasteiger partial charge in [0.1, 0.15) is 16.0 Å². The second-order valence-electron chi connectivity index (χ2n) is 5.18. The first-order valence-corrected chi connectivity index (χ1v) is 8.35. The van der Waals surface area contributed by atoms with E-state index in [1.54, 1.807) is 14.2 Å². The smallest absolute Gasteiger partial charge is 0.141 e. The molecule has 4 heteroatoms.